The molecule has 2 aliphatic heterocycles. The fourth-order valence-electron chi connectivity index (χ4n) is 1.50. The van der Waals surface area contributed by atoms with E-state index in [0.29, 0.717) is 12.1 Å². The minimum atomic E-state index is 0.342. The van der Waals surface area contributed by atoms with Crippen molar-refractivity contribution in [1.29, 1.82) is 0 Å². The first-order chi connectivity index (χ1) is 5.86. The maximum absolute atomic E-state index is 5.45. The zero-order chi connectivity index (χ0) is 8.39. The Balaban J connectivity index is 1.85. The standard InChI is InChI=1S/C8H14N2OS/c1-6-7(2-4-11-6)10-8-9-3-5-12-8/h6-7H,2-5H2,1H3,(H,9,10). The van der Waals surface area contributed by atoms with Crippen LogP contribution in [-0.4, -0.2) is 36.2 Å². The van der Waals surface area contributed by atoms with Crippen LogP contribution < -0.4 is 5.32 Å². The van der Waals surface area contributed by atoms with Gasteiger partial charge in [-0.25, -0.2) is 0 Å². The van der Waals surface area contributed by atoms with Crippen LogP contribution in [0.1, 0.15) is 13.3 Å². The van der Waals surface area contributed by atoms with E-state index in [2.05, 4.69) is 17.2 Å². The van der Waals surface area contributed by atoms with Gasteiger partial charge in [0, 0.05) is 12.4 Å². The Morgan fingerprint density at radius 2 is 2.58 bits per heavy atom. The third-order valence-corrected chi connectivity index (χ3v) is 3.18. The van der Waals surface area contributed by atoms with E-state index in [0.717, 1.165) is 30.5 Å². The summed E-state index contributed by atoms with van der Waals surface area (Å²) in [6, 6.07) is 0.481. The molecule has 2 aliphatic rings. The molecule has 0 amide bonds. The second kappa shape index (κ2) is 3.66. The van der Waals surface area contributed by atoms with E-state index >= 15 is 0 Å². The van der Waals surface area contributed by atoms with Crippen molar-refractivity contribution < 1.29 is 4.74 Å². The van der Waals surface area contributed by atoms with Crippen molar-refractivity contribution in [3.8, 4) is 0 Å². The van der Waals surface area contributed by atoms with Gasteiger partial charge in [0.15, 0.2) is 5.17 Å². The number of hydrogen-bond donors (Lipinski definition) is 1. The molecular weight excluding hydrogens is 172 g/mol. The van der Waals surface area contributed by atoms with Gasteiger partial charge in [-0.3, -0.25) is 4.99 Å². The van der Waals surface area contributed by atoms with Gasteiger partial charge in [-0.15, -0.1) is 0 Å². The van der Waals surface area contributed by atoms with Crippen LogP contribution in [0, 0.1) is 0 Å². The number of amidine groups is 1. The minimum absolute atomic E-state index is 0.342. The number of rotatable bonds is 1. The Hall–Kier alpha value is -0.220. The number of ether oxygens (including phenoxy) is 1. The highest BCUT2D eigenvalue weighted by molar-refractivity contribution is 8.14. The lowest BCUT2D eigenvalue weighted by molar-refractivity contribution is 0.116. The fourth-order valence-corrected chi connectivity index (χ4v) is 2.30. The third kappa shape index (κ3) is 1.75. The van der Waals surface area contributed by atoms with Crippen LogP contribution in [0.25, 0.3) is 0 Å². The molecule has 12 heavy (non-hydrogen) atoms. The summed E-state index contributed by atoms with van der Waals surface area (Å²) in [5, 5.41) is 4.52. The lowest BCUT2D eigenvalue weighted by Gasteiger charge is -2.16. The molecule has 4 heteroatoms. The molecule has 2 rings (SSSR count). The van der Waals surface area contributed by atoms with E-state index in [1.54, 1.807) is 0 Å². The van der Waals surface area contributed by atoms with E-state index in [9.17, 15) is 0 Å². The molecule has 0 spiro atoms. The second-order valence-corrected chi connectivity index (χ2v) is 4.23. The van der Waals surface area contributed by atoms with Crippen molar-refractivity contribution >= 4 is 16.9 Å². The number of nitrogens with zero attached hydrogens (tertiary/aromatic N) is 1. The summed E-state index contributed by atoms with van der Waals surface area (Å²) in [6.45, 7) is 3.97. The average molecular weight is 186 g/mol. The van der Waals surface area contributed by atoms with E-state index in [4.69, 9.17) is 4.74 Å². The summed E-state index contributed by atoms with van der Waals surface area (Å²) in [5.74, 6) is 1.13. The highest BCUT2D eigenvalue weighted by atomic mass is 32.2. The van der Waals surface area contributed by atoms with Crippen molar-refractivity contribution in [3.05, 3.63) is 0 Å². The average Bonchev–Trinajstić information content (AvgIpc) is 2.65. The maximum atomic E-state index is 5.45. The molecule has 0 bridgehead atoms. The van der Waals surface area contributed by atoms with Crippen LogP contribution in [0.15, 0.2) is 4.99 Å². The quantitative estimate of drug-likeness (QED) is 0.659. The smallest absolute Gasteiger partial charge is 0.156 e. The van der Waals surface area contributed by atoms with Gasteiger partial charge in [-0.05, 0) is 13.3 Å². The number of aliphatic imine (C=N–C) groups is 1. The number of thioether (sulfide) groups is 1. The van der Waals surface area contributed by atoms with Gasteiger partial charge in [0.2, 0.25) is 0 Å². The van der Waals surface area contributed by atoms with Crippen molar-refractivity contribution in [2.24, 2.45) is 4.99 Å². The summed E-state index contributed by atoms with van der Waals surface area (Å²) in [4.78, 5) is 4.35. The Kier molecular flexibility index (Phi) is 2.56. The van der Waals surface area contributed by atoms with Crippen LogP contribution >= 0.6 is 11.8 Å². The molecule has 0 aliphatic carbocycles. The van der Waals surface area contributed by atoms with E-state index in [-0.39, 0.29) is 0 Å². The zero-order valence-electron chi connectivity index (χ0n) is 7.25. The molecule has 0 radical (unpaired) electrons. The van der Waals surface area contributed by atoms with Crippen molar-refractivity contribution in [1.82, 2.24) is 5.32 Å². The Morgan fingerprint density at radius 3 is 3.17 bits per heavy atom. The Labute approximate surface area is 77.0 Å². The predicted molar refractivity (Wildman–Crippen MR) is 51.7 cm³/mol. The maximum Gasteiger partial charge on any atom is 0.156 e. The van der Waals surface area contributed by atoms with Crippen LogP contribution in [0.2, 0.25) is 0 Å². The molecule has 2 unspecified atom stereocenters. The van der Waals surface area contributed by atoms with Crippen LogP contribution in [0.5, 0.6) is 0 Å². The third-order valence-electron chi connectivity index (χ3n) is 2.27. The molecule has 0 saturated carbocycles. The first kappa shape index (κ1) is 8.38. The SMILES string of the molecule is CC1OCCC1NC1=NCCS1. The molecule has 0 aromatic heterocycles. The van der Waals surface area contributed by atoms with Crippen molar-refractivity contribution in [2.75, 3.05) is 18.9 Å². The van der Waals surface area contributed by atoms with E-state index < -0.39 is 0 Å². The zero-order valence-corrected chi connectivity index (χ0v) is 8.06. The molecule has 2 atom stereocenters. The summed E-state index contributed by atoms with van der Waals surface area (Å²) in [6.07, 6.45) is 1.45. The van der Waals surface area contributed by atoms with Crippen LogP contribution in [0.3, 0.4) is 0 Å². The van der Waals surface area contributed by atoms with Gasteiger partial charge in [-0.1, -0.05) is 11.8 Å². The lowest BCUT2D eigenvalue weighted by Crippen LogP contribution is -2.37. The molecular formula is C8H14N2OS. The highest BCUT2D eigenvalue weighted by Crippen LogP contribution is 2.16. The highest BCUT2D eigenvalue weighted by Gasteiger charge is 2.25. The molecule has 0 aromatic carbocycles. The topological polar surface area (TPSA) is 33.6 Å². The van der Waals surface area contributed by atoms with E-state index in [1.165, 1.54) is 0 Å². The lowest BCUT2D eigenvalue weighted by atomic mass is 10.2. The first-order valence-corrected chi connectivity index (χ1v) is 5.40. The number of hydrogen-bond acceptors (Lipinski definition) is 4. The minimum Gasteiger partial charge on any atom is -0.376 e. The predicted octanol–water partition coefficient (Wildman–Crippen LogP) is 0.856. The van der Waals surface area contributed by atoms with Gasteiger partial charge in [0.25, 0.3) is 0 Å². The summed E-state index contributed by atoms with van der Waals surface area (Å²) in [5.41, 5.74) is 0. The van der Waals surface area contributed by atoms with Gasteiger partial charge >= 0.3 is 0 Å². The van der Waals surface area contributed by atoms with Gasteiger partial charge in [0.05, 0.1) is 18.7 Å². The summed E-state index contributed by atoms with van der Waals surface area (Å²) < 4.78 is 5.45. The second-order valence-electron chi connectivity index (χ2n) is 3.15. The molecule has 1 N–H and O–H groups in total. The normalized spacial score (nSPS) is 35.2. The Bertz CT molecular complexity index is 195. The first-order valence-electron chi connectivity index (χ1n) is 4.41. The molecule has 1 saturated heterocycles. The summed E-state index contributed by atoms with van der Waals surface area (Å²) in [7, 11) is 0. The number of nitrogens with one attached hydrogen (secondary N) is 1. The Morgan fingerprint density at radius 1 is 1.67 bits per heavy atom. The van der Waals surface area contributed by atoms with Crippen molar-refractivity contribution in [2.45, 2.75) is 25.5 Å². The van der Waals surface area contributed by atoms with Crippen LogP contribution in [-0.2, 0) is 4.74 Å². The molecule has 1 fully saturated rings. The van der Waals surface area contributed by atoms with Crippen LogP contribution in [0.4, 0.5) is 0 Å². The van der Waals surface area contributed by atoms with Gasteiger partial charge in [-0.2, -0.15) is 0 Å². The van der Waals surface area contributed by atoms with Gasteiger partial charge in [0.1, 0.15) is 0 Å². The van der Waals surface area contributed by atoms with Crippen molar-refractivity contribution in [3.63, 3.8) is 0 Å². The molecule has 0 aromatic rings. The molecule has 3 nitrogen and oxygen atoms in total. The monoisotopic (exact) mass is 186 g/mol. The molecule has 68 valence electrons. The largest absolute Gasteiger partial charge is 0.376 e. The van der Waals surface area contributed by atoms with E-state index in [1.807, 2.05) is 11.8 Å². The fraction of sp³-hybridized carbons (Fsp3) is 0.875. The van der Waals surface area contributed by atoms with Gasteiger partial charge < -0.3 is 10.1 Å². The summed E-state index contributed by atoms with van der Waals surface area (Å²) >= 11 is 1.81. The molecule has 2 heterocycles.